The standard InChI is InChI=1S/C17H26FN3O/c1-4-19-17(21-9-5-6-13(2)12-21)20-11-14-7-8-16(22-3)15(18)10-14/h7-8,10,13H,4-6,9,11-12H2,1-3H3,(H,19,20). The molecule has 0 bridgehead atoms. The van der Waals surface area contributed by atoms with Crippen LogP contribution < -0.4 is 10.1 Å². The Bertz CT molecular complexity index is 519. The molecule has 1 aromatic carbocycles. The molecule has 1 aliphatic rings. The number of piperidine rings is 1. The average Bonchev–Trinajstić information content (AvgIpc) is 2.51. The van der Waals surface area contributed by atoms with Crippen LogP contribution in [0.5, 0.6) is 5.75 Å². The highest BCUT2D eigenvalue weighted by Gasteiger charge is 2.19. The summed E-state index contributed by atoms with van der Waals surface area (Å²) in [6.45, 7) is 7.70. The summed E-state index contributed by atoms with van der Waals surface area (Å²) in [7, 11) is 1.47. The van der Waals surface area contributed by atoms with E-state index in [1.54, 1.807) is 6.07 Å². The van der Waals surface area contributed by atoms with E-state index >= 15 is 0 Å². The van der Waals surface area contributed by atoms with Gasteiger partial charge in [-0.1, -0.05) is 13.0 Å². The predicted octanol–water partition coefficient (Wildman–Crippen LogP) is 3.03. The molecule has 1 heterocycles. The molecule has 1 fully saturated rings. The molecule has 1 N–H and O–H groups in total. The normalized spacial score (nSPS) is 19.2. The zero-order valence-electron chi connectivity index (χ0n) is 13.7. The molecular weight excluding hydrogens is 281 g/mol. The van der Waals surface area contributed by atoms with Gasteiger partial charge in [-0.2, -0.15) is 0 Å². The number of halogens is 1. The number of guanidine groups is 1. The van der Waals surface area contributed by atoms with Crippen LogP contribution in [-0.4, -0.2) is 37.6 Å². The van der Waals surface area contributed by atoms with Crippen LogP contribution in [0.4, 0.5) is 4.39 Å². The van der Waals surface area contributed by atoms with Crippen LogP contribution in [0.3, 0.4) is 0 Å². The van der Waals surface area contributed by atoms with Gasteiger partial charge >= 0.3 is 0 Å². The van der Waals surface area contributed by atoms with Crippen molar-refractivity contribution in [3.05, 3.63) is 29.6 Å². The number of rotatable bonds is 4. The number of hydrogen-bond donors (Lipinski definition) is 1. The minimum Gasteiger partial charge on any atom is -0.494 e. The first-order valence-electron chi connectivity index (χ1n) is 7.99. The van der Waals surface area contributed by atoms with Crippen LogP contribution in [-0.2, 0) is 6.54 Å². The van der Waals surface area contributed by atoms with E-state index in [0.29, 0.717) is 12.5 Å². The van der Waals surface area contributed by atoms with E-state index in [9.17, 15) is 4.39 Å². The molecule has 0 aliphatic carbocycles. The maximum atomic E-state index is 13.7. The van der Waals surface area contributed by atoms with Gasteiger partial charge in [0, 0.05) is 19.6 Å². The second-order valence-electron chi connectivity index (χ2n) is 5.83. The van der Waals surface area contributed by atoms with Crippen LogP contribution in [0.15, 0.2) is 23.2 Å². The van der Waals surface area contributed by atoms with Crippen molar-refractivity contribution >= 4 is 5.96 Å². The van der Waals surface area contributed by atoms with Crippen LogP contribution in [0.2, 0.25) is 0 Å². The number of likely N-dealkylation sites (tertiary alicyclic amines) is 1. The van der Waals surface area contributed by atoms with Crippen LogP contribution in [0.25, 0.3) is 0 Å². The molecule has 1 atom stereocenters. The lowest BCUT2D eigenvalue weighted by Gasteiger charge is -2.33. The zero-order chi connectivity index (χ0) is 15.9. The second-order valence-corrected chi connectivity index (χ2v) is 5.83. The van der Waals surface area contributed by atoms with Crippen LogP contribution in [0, 0.1) is 11.7 Å². The van der Waals surface area contributed by atoms with Gasteiger partial charge in [0.05, 0.1) is 13.7 Å². The Morgan fingerprint density at radius 2 is 2.32 bits per heavy atom. The van der Waals surface area contributed by atoms with E-state index in [2.05, 4.69) is 29.1 Å². The Balaban J connectivity index is 2.07. The first-order chi connectivity index (χ1) is 10.6. The molecule has 1 aliphatic heterocycles. The molecule has 2 rings (SSSR count). The summed E-state index contributed by atoms with van der Waals surface area (Å²) in [5.74, 6) is 1.54. The first kappa shape index (κ1) is 16.6. The third-order valence-corrected chi connectivity index (χ3v) is 3.92. The highest BCUT2D eigenvalue weighted by molar-refractivity contribution is 5.80. The first-order valence-corrected chi connectivity index (χ1v) is 7.99. The van der Waals surface area contributed by atoms with Crippen molar-refractivity contribution in [2.24, 2.45) is 10.9 Å². The SMILES string of the molecule is CCNC(=NCc1ccc(OC)c(F)c1)N1CCCC(C)C1. The van der Waals surface area contributed by atoms with E-state index in [-0.39, 0.29) is 11.6 Å². The van der Waals surface area contributed by atoms with Crippen LogP contribution in [0.1, 0.15) is 32.3 Å². The molecule has 0 radical (unpaired) electrons. The zero-order valence-corrected chi connectivity index (χ0v) is 13.7. The van der Waals surface area contributed by atoms with Gasteiger partial charge in [0.15, 0.2) is 17.5 Å². The maximum Gasteiger partial charge on any atom is 0.194 e. The highest BCUT2D eigenvalue weighted by Crippen LogP contribution is 2.19. The topological polar surface area (TPSA) is 36.9 Å². The maximum absolute atomic E-state index is 13.7. The van der Waals surface area contributed by atoms with Gasteiger partial charge < -0.3 is 15.0 Å². The van der Waals surface area contributed by atoms with Gasteiger partial charge in [-0.05, 0) is 43.4 Å². The Labute approximate surface area is 132 Å². The Kier molecular flexibility index (Phi) is 6.04. The fourth-order valence-corrected chi connectivity index (χ4v) is 2.78. The summed E-state index contributed by atoms with van der Waals surface area (Å²) in [5.41, 5.74) is 0.846. The number of nitrogens with zero attached hydrogens (tertiary/aromatic N) is 2. The molecule has 1 saturated heterocycles. The van der Waals surface area contributed by atoms with E-state index in [1.165, 1.54) is 26.0 Å². The monoisotopic (exact) mass is 307 g/mol. The number of ether oxygens (including phenoxy) is 1. The lowest BCUT2D eigenvalue weighted by atomic mass is 10.0. The minimum atomic E-state index is -0.341. The molecule has 0 aromatic heterocycles. The van der Waals surface area contributed by atoms with Crippen molar-refractivity contribution in [3.8, 4) is 5.75 Å². The summed E-state index contributed by atoms with van der Waals surface area (Å²) in [6.07, 6.45) is 2.47. The quantitative estimate of drug-likeness (QED) is 0.686. The molecule has 0 saturated carbocycles. The lowest BCUT2D eigenvalue weighted by Crippen LogP contribution is -2.46. The van der Waals surface area contributed by atoms with E-state index in [1.807, 2.05) is 6.07 Å². The van der Waals surface area contributed by atoms with E-state index in [4.69, 9.17) is 4.74 Å². The minimum absolute atomic E-state index is 0.268. The average molecular weight is 307 g/mol. The number of hydrogen-bond acceptors (Lipinski definition) is 2. The van der Waals surface area contributed by atoms with Crippen molar-refractivity contribution in [1.29, 1.82) is 0 Å². The Morgan fingerprint density at radius 3 is 2.95 bits per heavy atom. The smallest absolute Gasteiger partial charge is 0.194 e. The molecule has 22 heavy (non-hydrogen) atoms. The molecule has 4 nitrogen and oxygen atoms in total. The molecule has 5 heteroatoms. The molecule has 1 unspecified atom stereocenters. The van der Waals surface area contributed by atoms with Crippen LogP contribution >= 0.6 is 0 Å². The van der Waals surface area contributed by atoms with Gasteiger partial charge in [0.1, 0.15) is 0 Å². The summed E-state index contributed by atoms with van der Waals surface area (Å²) in [6, 6.07) is 4.99. The summed E-state index contributed by atoms with van der Waals surface area (Å²) >= 11 is 0. The van der Waals surface area contributed by atoms with Gasteiger partial charge in [0.25, 0.3) is 0 Å². The molecule has 1 aromatic rings. The Morgan fingerprint density at radius 1 is 1.50 bits per heavy atom. The third kappa shape index (κ3) is 4.36. The number of methoxy groups -OCH3 is 1. The largest absolute Gasteiger partial charge is 0.494 e. The summed E-state index contributed by atoms with van der Waals surface area (Å²) < 4.78 is 18.7. The van der Waals surface area contributed by atoms with Crippen molar-refractivity contribution in [2.45, 2.75) is 33.2 Å². The third-order valence-electron chi connectivity index (χ3n) is 3.92. The molecule has 0 spiro atoms. The van der Waals surface area contributed by atoms with Crippen molar-refractivity contribution < 1.29 is 9.13 Å². The predicted molar refractivity (Wildman–Crippen MR) is 87.7 cm³/mol. The Hall–Kier alpha value is -1.78. The van der Waals surface area contributed by atoms with Crippen molar-refractivity contribution in [2.75, 3.05) is 26.7 Å². The lowest BCUT2D eigenvalue weighted by molar-refractivity contribution is 0.266. The van der Waals surface area contributed by atoms with E-state index in [0.717, 1.165) is 31.2 Å². The summed E-state index contributed by atoms with van der Waals surface area (Å²) in [4.78, 5) is 6.97. The molecule has 122 valence electrons. The van der Waals surface area contributed by atoms with Crippen molar-refractivity contribution in [3.63, 3.8) is 0 Å². The van der Waals surface area contributed by atoms with Gasteiger partial charge in [-0.3, -0.25) is 0 Å². The highest BCUT2D eigenvalue weighted by atomic mass is 19.1. The van der Waals surface area contributed by atoms with Gasteiger partial charge in [0.2, 0.25) is 0 Å². The fraction of sp³-hybridized carbons (Fsp3) is 0.588. The second kappa shape index (κ2) is 8.01. The summed E-state index contributed by atoms with van der Waals surface area (Å²) in [5, 5.41) is 3.34. The number of aliphatic imine (C=N–C) groups is 1. The molecular formula is C17H26FN3O. The van der Waals surface area contributed by atoms with Gasteiger partial charge in [-0.15, -0.1) is 0 Å². The number of benzene rings is 1. The molecule has 0 amide bonds. The fourth-order valence-electron chi connectivity index (χ4n) is 2.78. The van der Waals surface area contributed by atoms with Gasteiger partial charge in [-0.25, -0.2) is 9.38 Å². The van der Waals surface area contributed by atoms with E-state index < -0.39 is 0 Å². The van der Waals surface area contributed by atoms with Crippen molar-refractivity contribution in [1.82, 2.24) is 10.2 Å². The number of nitrogens with one attached hydrogen (secondary N) is 1.